The van der Waals surface area contributed by atoms with Crippen molar-refractivity contribution >= 4 is 28.4 Å². The Bertz CT molecular complexity index is 1190. The monoisotopic (exact) mass is 377 g/mol. The summed E-state index contributed by atoms with van der Waals surface area (Å²) < 4.78 is 15.4. The highest BCUT2D eigenvalue weighted by Crippen LogP contribution is 2.27. The summed E-state index contributed by atoms with van der Waals surface area (Å²) in [5, 5.41) is 9.85. The lowest BCUT2D eigenvalue weighted by molar-refractivity contribution is 0.242. The van der Waals surface area contributed by atoms with Crippen molar-refractivity contribution in [1.29, 1.82) is 0 Å². The third-order valence-corrected chi connectivity index (χ3v) is 4.13. The fraction of sp³-hybridized carbons (Fsp3) is 0.105. The predicted octanol–water partition coefficient (Wildman–Crippen LogP) is 3.27. The number of amides is 1. The van der Waals surface area contributed by atoms with Crippen molar-refractivity contribution in [3.8, 4) is 11.4 Å². The molecule has 9 heteroatoms. The lowest BCUT2D eigenvalue weighted by atomic mass is 10.2. The molecule has 4 rings (SSSR count). The second-order valence-corrected chi connectivity index (χ2v) is 6.04. The number of pyridine rings is 3. The van der Waals surface area contributed by atoms with Crippen molar-refractivity contribution in [1.82, 2.24) is 30.0 Å². The molecule has 0 aliphatic rings. The molecule has 0 bridgehead atoms. The van der Waals surface area contributed by atoms with E-state index in [0.29, 0.717) is 33.8 Å². The molecule has 0 atom stereocenters. The van der Waals surface area contributed by atoms with Gasteiger partial charge in [0.15, 0.2) is 5.82 Å². The van der Waals surface area contributed by atoms with E-state index in [4.69, 9.17) is 0 Å². The zero-order chi connectivity index (χ0) is 19.7. The van der Waals surface area contributed by atoms with Gasteiger partial charge in [-0.2, -0.15) is 9.78 Å². The quantitative estimate of drug-likeness (QED) is 0.569. The summed E-state index contributed by atoms with van der Waals surface area (Å²) in [6.45, 7) is 1.79. The summed E-state index contributed by atoms with van der Waals surface area (Å²) in [6.07, 6.45) is 4.69. The SMILES string of the molecule is CNC(=O)n1ncc2nccc(Nc3ccnc(-c4nc(C)ccc4F)c3)c21. The Hall–Kier alpha value is -3.88. The molecular weight excluding hydrogens is 361 g/mol. The highest BCUT2D eigenvalue weighted by molar-refractivity contribution is 5.96. The highest BCUT2D eigenvalue weighted by Gasteiger charge is 2.15. The van der Waals surface area contributed by atoms with Gasteiger partial charge < -0.3 is 10.6 Å². The van der Waals surface area contributed by atoms with Gasteiger partial charge in [0.2, 0.25) is 0 Å². The summed E-state index contributed by atoms with van der Waals surface area (Å²) >= 11 is 0. The van der Waals surface area contributed by atoms with Gasteiger partial charge in [0.1, 0.15) is 16.7 Å². The first-order valence-corrected chi connectivity index (χ1v) is 8.48. The second-order valence-electron chi connectivity index (χ2n) is 6.04. The van der Waals surface area contributed by atoms with Crippen LogP contribution >= 0.6 is 0 Å². The topological polar surface area (TPSA) is 97.6 Å². The lowest BCUT2D eigenvalue weighted by Gasteiger charge is -2.11. The van der Waals surface area contributed by atoms with E-state index in [2.05, 4.69) is 30.7 Å². The van der Waals surface area contributed by atoms with E-state index in [-0.39, 0.29) is 11.7 Å². The van der Waals surface area contributed by atoms with Crippen molar-refractivity contribution in [2.45, 2.75) is 6.92 Å². The standard InChI is InChI=1S/C19H16FN7O/c1-11-3-4-13(20)17(25-11)15-9-12(5-7-22-15)26-14-6-8-23-16-10-24-27(18(14)16)19(28)21-2/h3-10H,1-2H3,(H,21,28)(H,22,23,26). The molecule has 0 aliphatic carbocycles. The number of fused-ring (bicyclic) bond motifs is 1. The van der Waals surface area contributed by atoms with Crippen LogP contribution in [0.1, 0.15) is 5.69 Å². The van der Waals surface area contributed by atoms with Crippen LogP contribution in [-0.2, 0) is 0 Å². The third-order valence-electron chi connectivity index (χ3n) is 4.13. The minimum absolute atomic E-state index is 0.180. The summed E-state index contributed by atoms with van der Waals surface area (Å²) in [6, 6.07) is 7.76. The number of nitrogens with zero attached hydrogens (tertiary/aromatic N) is 5. The van der Waals surface area contributed by atoms with Crippen LogP contribution in [0.4, 0.5) is 20.6 Å². The Morgan fingerprint density at radius 3 is 2.79 bits per heavy atom. The van der Waals surface area contributed by atoms with Crippen LogP contribution in [0.5, 0.6) is 0 Å². The molecule has 0 unspecified atom stereocenters. The molecule has 0 fully saturated rings. The maximum atomic E-state index is 14.2. The number of hydrogen-bond acceptors (Lipinski definition) is 6. The van der Waals surface area contributed by atoms with Crippen molar-refractivity contribution in [2.24, 2.45) is 0 Å². The van der Waals surface area contributed by atoms with Crippen LogP contribution in [-0.4, -0.2) is 37.8 Å². The molecule has 4 aromatic heterocycles. The molecule has 8 nitrogen and oxygen atoms in total. The van der Waals surface area contributed by atoms with E-state index in [0.717, 1.165) is 0 Å². The van der Waals surface area contributed by atoms with E-state index >= 15 is 0 Å². The summed E-state index contributed by atoms with van der Waals surface area (Å²) in [7, 11) is 1.53. The van der Waals surface area contributed by atoms with Gasteiger partial charge in [0.25, 0.3) is 0 Å². The van der Waals surface area contributed by atoms with Gasteiger partial charge in [-0.15, -0.1) is 0 Å². The highest BCUT2D eigenvalue weighted by atomic mass is 19.1. The Morgan fingerprint density at radius 1 is 1.14 bits per heavy atom. The molecule has 0 saturated heterocycles. The van der Waals surface area contributed by atoms with E-state index in [1.807, 2.05) is 0 Å². The molecule has 0 saturated carbocycles. The van der Waals surface area contributed by atoms with Gasteiger partial charge in [0.05, 0.1) is 17.6 Å². The smallest absolute Gasteiger partial charge is 0.342 e. The van der Waals surface area contributed by atoms with Gasteiger partial charge in [0, 0.05) is 30.8 Å². The van der Waals surface area contributed by atoms with Crippen LogP contribution in [0.3, 0.4) is 0 Å². The predicted molar refractivity (Wildman–Crippen MR) is 103 cm³/mol. The first kappa shape index (κ1) is 17.5. The second kappa shape index (κ2) is 7.03. The minimum atomic E-state index is -0.445. The largest absolute Gasteiger partial charge is 0.354 e. The third kappa shape index (κ3) is 3.13. The van der Waals surface area contributed by atoms with E-state index in [9.17, 15) is 9.18 Å². The molecule has 1 amide bonds. The Balaban J connectivity index is 1.76. The van der Waals surface area contributed by atoms with Crippen molar-refractivity contribution in [3.05, 3.63) is 60.4 Å². The summed E-state index contributed by atoms with van der Waals surface area (Å²) in [5.41, 5.74) is 3.65. The zero-order valence-corrected chi connectivity index (χ0v) is 15.1. The number of rotatable bonds is 3. The Labute approximate surface area is 159 Å². The average Bonchev–Trinajstić information content (AvgIpc) is 3.15. The van der Waals surface area contributed by atoms with E-state index in [1.165, 1.54) is 24.0 Å². The molecule has 2 N–H and O–H groups in total. The first-order chi connectivity index (χ1) is 13.6. The van der Waals surface area contributed by atoms with Gasteiger partial charge in [-0.3, -0.25) is 9.97 Å². The fourth-order valence-electron chi connectivity index (χ4n) is 2.83. The molecule has 4 aromatic rings. The Morgan fingerprint density at radius 2 is 1.96 bits per heavy atom. The molecule has 0 aromatic carbocycles. The normalized spacial score (nSPS) is 10.8. The van der Waals surface area contributed by atoms with E-state index < -0.39 is 5.82 Å². The van der Waals surface area contributed by atoms with Crippen LogP contribution < -0.4 is 10.6 Å². The van der Waals surface area contributed by atoms with Crippen LogP contribution in [0.2, 0.25) is 0 Å². The number of aromatic nitrogens is 5. The van der Waals surface area contributed by atoms with Gasteiger partial charge in [-0.25, -0.2) is 14.2 Å². The van der Waals surface area contributed by atoms with Gasteiger partial charge in [-0.1, -0.05) is 0 Å². The maximum Gasteiger partial charge on any atom is 0.342 e. The summed E-state index contributed by atoms with van der Waals surface area (Å²) in [4.78, 5) is 24.8. The molecule has 4 heterocycles. The van der Waals surface area contributed by atoms with E-state index in [1.54, 1.807) is 43.6 Å². The number of aryl methyl sites for hydroxylation is 1. The molecule has 0 aliphatic heterocycles. The van der Waals surface area contributed by atoms with Gasteiger partial charge >= 0.3 is 6.03 Å². The first-order valence-electron chi connectivity index (χ1n) is 8.48. The molecule has 0 radical (unpaired) electrons. The number of halogens is 1. The number of carbonyl (C=O) groups is 1. The van der Waals surface area contributed by atoms with Crippen molar-refractivity contribution in [3.63, 3.8) is 0 Å². The summed E-state index contributed by atoms with van der Waals surface area (Å²) in [5.74, 6) is -0.445. The Kier molecular flexibility index (Phi) is 4.40. The van der Waals surface area contributed by atoms with Crippen LogP contribution in [0, 0.1) is 12.7 Å². The lowest BCUT2D eigenvalue weighted by Crippen LogP contribution is -2.25. The molecular formula is C19H16FN7O. The molecule has 0 spiro atoms. The number of hydrogen-bond donors (Lipinski definition) is 2. The van der Waals surface area contributed by atoms with Crippen molar-refractivity contribution in [2.75, 3.05) is 12.4 Å². The van der Waals surface area contributed by atoms with Gasteiger partial charge in [-0.05, 0) is 37.3 Å². The number of anilines is 2. The zero-order valence-electron chi connectivity index (χ0n) is 15.1. The average molecular weight is 377 g/mol. The maximum absolute atomic E-state index is 14.2. The number of nitrogens with one attached hydrogen (secondary N) is 2. The van der Waals surface area contributed by atoms with Crippen LogP contribution in [0.15, 0.2) is 48.9 Å². The van der Waals surface area contributed by atoms with Crippen LogP contribution in [0.25, 0.3) is 22.4 Å². The van der Waals surface area contributed by atoms with Crippen molar-refractivity contribution < 1.29 is 9.18 Å². The number of carbonyl (C=O) groups excluding carboxylic acids is 1. The fourth-order valence-corrected chi connectivity index (χ4v) is 2.83. The molecule has 28 heavy (non-hydrogen) atoms. The molecule has 140 valence electrons. The minimum Gasteiger partial charge on any atom is -0.354 e.